The average molecular weight is 301 g/mol. The quantitative estimate of drug-likeness (QED) is 0.845. The maximum absolute atomic E-state index is 5.82. The van der Waals surface area contributed by atoms with E-state index in [9.17, 15) is 0 Å². The molecular formula is C16H19N3O3. The fourth-order valence-corrected chi connectivity index (χ4v) is 2.46. The van der Waals surface area contributed by atoms with Crippen LogP contribution in [0.3, 0.4) is 0 Å². The Morgan fingerprint density at radius 1 is 1.36 bits per heavy atom. The second-order valence-electron chi connectivity index (χ2n) is 5.24. The van der Waals surface area contributed by atoms with E-state index in [1.807, 2.05) is 26.0 Å². The summed E-state index contributed by atoms with van der Waals surface area (Å²) in [6.07, 6.45) is 8.00. The van der Waals surface area contributed by atoms with Crippen LogP contribution >= 0.6 is 0 Å². The molecule has 3 heterocycles. The molecule has 0 N–H and O–H groups in total. The monoisotopic (exact) mass is 301 g/mol. The fraction of sp³-hybridized carbons (Fsp3) is 0.438. The molecule has 1 atom stereocenters. The first-order valence-corrected chi connectivity index (χ1v) is 7.38. The maximum Gasteiger partial charge on any atom is 0.251 e. The zero-order valence-corrected chi connectivity index (χ0v) is 12.8. The molecule has 6 nitrogen and oxygen atoms in total. The van der Waals surface area contributed by atoms with Gasteiger partial charge in [-0.05, 0) is 37.1 Å². The minimum Gasteiger partial charge on any atom is -0.418 e. The van der Waals surface area contributed by atoms with Crippen LogP contribution in [0.1, 0.15) is 36.3 Å². The van der Waals surface area contributed by atoms with E-state index >= 15 is 0 Å². The van der Waals surface area contributed by atoms with Gasteiger partial charge in [-0.1, -0.05) is 0 Å². The first-order chi connectivity index (χ1) is 10.7. The molecule has 0 spiro atoms. The van der Waals surface area contributed by atoms with Gasteiger partial charge in [0.15, 0.2) is 5.60 Å². The Balaban J connectivity index is 1.80. The van der Waals surface area contributed by atoms with Crippen molar-refractivity contribution in [2.45, 2.75) is 25.9 Å². The van der Waals surface area contributed by atoms with Crippen LogP contribution in [0.4, 0.5) is 0 Å². The van der Waals surface area contributed by atoms with Crippen molar-refractivity contribution in [1.82, 2.24) is 15.2 Å². The smallest absolute Gasteiger partial charge is 0.251 e. The number of aryl methyl sites for hydroxylation is 1. The first-order valence-electron chi connectivity index (χ1n) is 7.38. The molecule has 116 valence electrons. The van der Waals surface area contributed by atoms with Crippen molar-refractivity contribution < 1.29 is 13.9 Å². The minimum atomic E-state index is -0.599. The van der Waals surface area contributed by atoms with E-state index in [1.165, 1.54) is 0 Å². The summed E-state index contributed by atoms with van der Waals surface area (Å²) in [6, 6.07) is 1.96. The third-order valence-electron chi connectivity index (χ3n) is 3.72. The lowest BCUT2D eigenvalue weighted by molar-refractivity contribution is -0.0661. The summed E-state index contributed by atoms with van der Waals surface area (Å²) < 4.78 is 17.0. The molecule has 1 aliphatic heterocycles. The lowest BCUT2D eigenvalue weighted by atomic mass is 10.0. The predicted octanol–water partition coefficient (Wildman–Crippen LogP) is 2.60. The van der Waals surface area contributed by atoms with Gasteiger partial charge in [0, 0.05) is 31.5 Å². The standard InChI is InChI=1S/C16H19N3O3/c1-3-21-16(7-9-20-11-16)15-19-18-14(22-15)5-4-13-10-17-8-6-12(13)2/h4-6,8,10H,3,7,9,11H2,1-2H3/b5-4+. The molecule has 22 heavy (non-hydrogen) atoms. The molecule has 2 aromatic heterocycles. The van der Waals surface area contributed by atoms with Crippen molar-refractivity contribution in [1.29, 1.82) is 0 Å². The van der Waals surface area contributed by atoms with Gasteiger partial charge in [-0.3, -0.25) is 4.98 Å². The van der Waals surface area contributed by atoms with E-state index in [1.54, 1.807) is 18.5 Å². The number of rotatable bonds is 5. The van der Waals surface area contributed by atoms with Gasteiger partial charge in [-0.2, -0.15) is 0 Å². The zero-order valence-electron chi connectivity index (χ0n) is 12.8. The molecule has 6 heteroatoms. The lowest BCUT2D eigenvalue weighted by Gasteiger charge is -2.22. The molecule has 0 bridgehead atoms. The molecule has 3 rings (SSSR count). The van der Waals surface area contributed by atoms with Crippen molar-refractivity contribution >= 4 is 12.2 Å². The second kappa shape index (κ2) is 6.37. The molecule has 0 aromatic carbocycles. The summed E-state index contributed by atoms with van der Waals surface area (Å²) in [5, 5.41) is 8.21. The Bertz CT molecular complexity index is 660. The van der Waals surface area contributed by atoms with E-state index in [-0.39, 0.29) is 0 Å². The summed E-state index contributed by atoms with van der Waals surface area (Å²) in [5.41, 5.74) is 1.56. The Morgan fingerprint density at radius 3 is 3.00 bits per heavy atom. The highest BCUT2D eigenvalue weighted by atomic mass is 16.6. The predicted molar refractivity (Wildman–Crippen MR) is 80.9 cm³/mol. The summed E-state index contributed by atoms with van der Waals surface area (Å²) in [7, 11) is 0. The fourth-order valence-electron chi connectivity index (χ4n) is 2.46. The topological polar surface area (TPSA) is 70.3 Å². The number of ether oxygens (including phenoxy) is 2. The number of aromatic nitrogens is 3. The Labute approximate surface area is 129 Å². The molecule has 1 unspecified atom stereocenters. The van der Waals surface area contributed by atoms with Gasteiger partial charge in [0.1, 0.15) is 0 Å². The van der Waals surface area contributed by atoms with Gasteiger partial charge < -0.3 is 13.9 Å². The van der Waals surface area contributed by atoms with Gasteiger partial charge in [-0.15, -0.1) is 10.2 Å². The molecule has 0 saturated carbocycles. The third kappa shape index (κ3) is 2.93. The molecule has 2 aromatic rings. The molecule has 0 aliphatic carbocycles. The molecular weight excluding hydrogens is 282 g/mol. The number of nitrogens with zero attached hydrogens (tertiary/aromatic N) is 3. The molecule has 0 amide bonds. The van der Waals surface area contributed by atoms with Gasteiger partial charge in [0.2, 0.25) is 5.89 Å². The van der Waals surface area contributed by atoms with E-state index < -0.39 is 5.60 Å². The number of hydrogen-bond acceptors (Lipinski definition) is 6. The van der Waals surface area contributed by atoms with E-state index in [4.69, 9.17) is 13.9 Å². The normalized spacial score (nSPS) is 21.7. The first kappa shape index (κ1) is 14.9. The van der Waals surface area contributed by atoms with Gasteiger partial charge in [0.25, 0.3) is 5.89 Å². The van der Waals surface area contributed by atoms with Crippen LogP contribution in [0, 0.1) is 6.92 Å². The highest BCUT2D eigenvalue weighted by Gasteiger charge is 2.42. The highest BCUT2D eigenvalue weighted by molar-refractivity contribution is 5.67. The van der Waals surface area contributed by atoms with Crippen LogP contribution in [-0.2, 0) is 15.1 Å². The molecule has 0 radical (unpaired) electrons. The van der Waals surface area contributed by atoms with Crippen molar-refractivity contribution in [2.24, 2.45) is 0 Å². The largest absolute Gasteiger partial charge is 0.418 e. The summed E-state index contributed by atoms with van der Waals surface area (Å²) in [5.74, 6) is 0.929. The minimum absolute atomic E-state index is 0.448. The van der Waals surface area contributed by atoms with E-state index in [0.29, 0.717) is 31.6 Å². The summed E-state index contributed by atoms with van der Waals surface area (Å²) in [6.45, 7) is 5.64. The second-order valence-corrected chi connectivity index (χ2v) is 5.24. The highest BCUT2D eigenvalue weighted by Crippen LogP contribution is 2.33. The van der Waals surface area contributed by atoms with Crippen LogP contribution in [0.5, 0.6) is 0 Å². The van der Waals surface area contributed by atoms with Crippen LogP contribution in [0.2, 0.25) is 0 Å². The zero-order chi connectivity index (χ0) is 15.4. The van der Waals surface area contributed by atoms with Crippen molar-refractivity contribution in [3.8, 4) is 0 Å². The summed E-state index contributed by atoms with van der Waals surface area (Å²) >= 11 is 0. The average Bonchev–Trinajstić information content (AvgIpc) is 3.17. The van der Waals surface area contributed by atoms with E-state index in [0.717, 1.165) is 17.5 Å². The van der Waals surface area contributed by atoms with Crippen LogP contribution in [-0.4, -0.2) is 35.0 Å². The Hall–Kier alpha value is -2.05. The van der Waals surface area contributed by atoms with Gasteiger partial charge >= 0.3 is 0 Å². The Kier molecular flexibility index (Phi) is 4.31. The third-order valence-corrected chi connectivity index (χ3v) is 3.72. The number of hydrogen-bond donors (Lipinski definition) is 0. The lowest BCUT2D eigenvalue weighted by Crippen LogP contribution is -2.30. The van der Waals surface area contributed by atoms with Gasteiger partial charge in [-0.25, -0.2) is 0 Å². The Morgan fingerprint density at radius 2 is 2.27 bits per heavy atom. The van der Waals surface area contributed by atoms with Crippen molar-refractivity contribution in [3.05, 3.63) is 41.4 Å². The maximum atomic E-state index is 5.82. The van der Waals surface area contributed by atoms with Crippen molar-refractivity contribution in [2.75, 3.05) is 19.8 Å². The molecule has 1 aliphatic rings. The molecule has 1 saturated heterocycles. The SMILES string of the molecule is CCOC1(c2nnc(/C=C/c3cnccc3C)o2)CCOC1. The molecule has 1 fully saturated rings. The van der Waals surface area contributed by atoms with E-state index in [2.05, 4.69) is 15.2 Å². The number of pyridine rings is 1. The van der Waals surface area contributed by atoms with Gasteiger partial charge in [0.05, 0.1) is 13.2 Å². The summed E-state index contributed by atoms with van der Waals surface area (Å²) in [4.78, 5) is 4.11. The van der Waals surface area contributed by atoms with Crippen molar-refractivity contribution in [3.63, 3.8) is 0 Å². The van der Waals surface area contributed by atoms with Crippen LogP contribution in [0.15, 0.2) is 22.9 Å². The van der Waals surface area contributed by atoms with Crippen LogP contribution < -0.4 is 0 Å². The van der Waals surface area contributed by atoms with Crippen LogP contribution in [0.25, 0.3) is 12.2 Å².